The Hall–Kier alpha value is -3.22. The maximum atomic E-state index is 14.3. The summed E-state index contributed by atoms with van der Waals surface area (Å²) in [5.74, 6) is -2.28. The summed E-state index contributed by atoms with van der Waals surface area (Å²) in [5.41, 5.74) is -1.21. The minimum absolute atomic E-state index is 0.0375. The number of aliphatic carboxylic acids is 1. The summed E-state index contributed by atoms with van der Waals surface area (Å²) in [4.78, 5) is 37.5. The fourth-order valence-electron chi connectivity index (χ4n) is 3.23. The molecule has 2 atom stereocenters. The van der Waals surface area contributed by atoms with E-state index < -0.39 is 30.1 Å². The molecule has 0 spiro atoms. The molecule has 2 aromatic rings. The highest BCUT2D eigenvalue weighted by Crippen LogP contribution is 2.28. The van der Waals surface area contributed by atoms with Crippen LogP contribution in [-0.2, 0) is 9.59 Å². The van der Waals surface area contributed by atoms with Crippen molar-refractivity contribution in [3.05, 3.63) is 71.8 Å². The number of amides is 2. The zero-order valence-corrected chi connectivity index (χ0v) is 15.2. The Balaban J connectivity index is 1.74. The third kappa shape index (κ3) is 4.36. The minimum atomic E-state index is -2.41. The summed E-state index contributed by atoms with van der Waals surface area (Å²) >= 11 is 0. The molecular weight excluding hydrogens is 363 g/mol. The van der Waals surface area contributed by atoms with Crippen LogP contribution < -0.4 is 5.32 Å². The van der Waals surface area contributed by atoms with E-state index in [1.807, 2.05) is 6.07 Å². The lowest BCUT2D eigenvalue weighted by atomic mass is 10.0. The molecule has 0 bridgehead atoms. The number of carbonyl (C=O) groups excluding carboxylic acids is 2. The van der Waals surface area contributed by atoms with E-state index in [9.17, 15) is 18.8 Å². The number of hydrogen-bond donors (Lipinski definition) is 2. The summed E-state index contributed by atoms with van der Waals surface area (Å²) in [6.45, 7) is -0.439. The first-order valence-corrected chi connectivity index (χ1v) is 9.00. The van der Waals surface area contributed by atoms with Gasteiger partial charge in [0.05, 0.1) is 19.0 Å². The van der Waals surface area contributed by atoms with Crippen LogP contribution in [0.25, 0.3) is 0 Å². The van der Waals surface area contributed by atoms with Gasteiger partial charge < -0.3 is 15.3 Å². The van der Waals surface area contributed by atoms with E-state index in [2.05, 4.69) is 5.32 Å². The molecule has 6 nitrogen and oxygen atoms in total. The smallest absolute Gasteiger partial charge is 0.343 e. The van der Waals surface area contributed by atoms with Crippen LogP contribution in [0.15, 0.2) is 60.7 Å². The number of nitrogens with zero attached hydrogens (tertiary/aromatic N) is 1. The number of halogens is 1. The Labute approximate surface area is 162 Å². The molecule has 1 saturated heterocycles. The van der Waals surface area contributed by atoms with E-state index in [4.69, 9.17) is 5.11 Å². The first-order chi connectivity index (χ1) is 13.4. The lowest BCUT2D eigenvalue weighted by Gasteiger charge is -2.23. The number of carboxylic acids is 1. The van der Waals surface area contributed by atoms with Gasteiger partial charge in [0.25, 0.3) is 5.91 Å². The molecule has 1 heterocycles. The molecule has 1 fully saturated rings. The van der Waals surface area contributed by atoms with Crippen molar-refractivity contribution in [2.75, 3.05) is 13.1 Å². The van der Waals surface area contributed by atoms with Gasteiger partial charge in [-0.15, -0.1) is 0 Å². The van der Waals surface area contributed by atoms with Gasteiger partial charge in [0.15, 0.2) is 0 Å². The van der Waals surface area contributed by atoms with Crippen LogP contribution >= 0.6 is 0 Å². The lowest BCUT2D eigenvalue weighted by Crippen LogP contribution is -2.40. The van der Waals surface area contributed by atoms with Crippen molar-refractivity contribution < 1.29 is 23.9 Å². The van der Waals surface area contributed by atoms with Gasteiger partial charge in [0.1, 0.15) is 0 Å². The van der Waals surface area contributed by atoms with E-state index in [1.165, 1.54) is 4.90 Å². The molecular formula is C21H21FN2O4. The van der Waals surface area contributed by atoms with Crippen LogP contribution in [-0.4, -0.2) is 46.5 Å². The van der Waals surface area contributed by atoms with Crippen molar-refractivity contribution in [3.8, 4) is 0 Å². The maximum Gasteiger partial charge on any atom is 0.343 e. The SMILES string of the molecule is O=C(NC(CC(=O)N1CCC(F)(C(=O)O)C1)c1ccccc1)c1ccccc1. The summed E-state index contributed by atoms with van der Waals surface area (Å²) in [6.07, 6.45) is -0.321. The largest absolute Gasteiger partial charge is 0.479 e. The Morgan fingerprint density at radius 3 is 2.25 bits per heavy atom. The summed E-state index contributed by atoms with van der Waals surface area (Å²) in [7, 11) is 0. The molecule has 0 aliphatic carbocycles. The topological polar surface area (TPSA) is 86.7 Å². The standard InChI is InChI=1S/C21H21FN2O4/c22-21(20(27)28)11-12-24(14-21)18(25)13-17(15-7-3-1-4-8-15)23-19(26)16-9-5-2-6-10-16/h1-10,17H,11-14H2,(H,23,26)(H,27,28). The minimum Gasteiger partial charge on any atom is -0.479 e. The highest BCUT2D eigenvalue weighted by atomic mass is 19.1. The van der Waals surface area contributed by atoms with Crippen LogP contribution in [0.2, 0.25) is 0 Å². The Kier molecular flexibility index (Phi) is 5.73. The molecule has 1 aliphatic rings. The Bertz CT molecular complexity index is 859. The second-order valence-electron chi connectivity index (χ2n) is 6.84. The molecule has 2 unspecified atom stereocenters. The quantitative estimate of drug-likeness (QED) is 0.801. The van der Waals surface area contributed by atoms with E-state index in [-0.39, 0.29) is 25.3 Å². The number of benzene rings is 2. The Morgan fingerprint density at radius 1 is 1.07 bits per heavy atom. The number of nitrogens with one attached hydrogen (secondary N) is 1. The van der Waals surface area contributed by atoms with Crippen molar-refractivity contribution in [2.45, 2.75) is 24.6 Å². The highest BCUT2D eigenvalue weighted by Gasteiger charge is 2.47. The molecule has 0 radical (unpaired) electrons. The van der Waals surface area contributed by atoms with Gasteiger partial charge in [-0.1, -0.05) is 48.5 Å². The third-order valence-electron chi connectivity index (χ3n) is 4.88. The number of likely N-dealkylation sites (tertiary alicyclic amines) is 1. The van der Waals surface area contributed by atoms with Crippen LogP contribution in [0.1, 0.15) is 34.8 Å². The average Bonchev–Trinajstić information content (AvgIpc) is 3.12. The van der Waals surface area contributed by atoms with Gasteiger partial charge in [-0.2, -0.15) is 0 Å². The van der Waals surface area contributed by atoms with Gasteiger partial charge in [-0.05, 0) is 17.7 Å². The average molecular weight is 384 g/mol. The molecule has 0 aromatic heterocycles. The van der Waals surface area contributed by atoms with Gasteiger partial charge in [-0.25, -0.2) is 9.18 Å². The summed E-state index contributed by atoms with van der Waals surface area (Å²) in [5, 5.41) is 11.9. The van der Waals surface area contributed by atoms with Gasteiger partial charge in [0, 0.05) is 18.5 Å². The monoisotopic (exact) mass is 384 g/mol. The molecule has 1 aliphatic heterocycles. The van der Waals surface area contributed by atoms with E-state index in [0.29, 0.717) is 5.56 Å². The molecule has 0 saturated carbocycles. The van der Waals surface area contributed by atoms with Gasteiger partial charge in [0.2, 0.25) is 11.6 Å². The zero-order chi connectivity index (χ0) is 20.1. The maximum absolute atomic E-state index is 14.3. The van der Waals surface area contributed by atoms with Crippen molar-refractivity contribution >= 4 is 17.8 Å². The third-order valence-corrected chi connectivity index (χ3v) is 4.88. The molecule has 2 amide bonds. The number of alkyl halides is 1. The van der Waals surface area contributed by atoms with E-state index in [0.717, 1.165) is 5.56 Å². The molecule has 2 aromatic carbocycles. The van der Waals surface area contributed by atoms with Crippen LogP contribution in [0.4, 0.5) is 4.39 Å². The van der Waals surface area contributed by atoms with Crippen LogP contribution in [0, 0.1) is 0 Å². The molecule has 146 valence electrons. The molecule has 2 N–H and O–H groups in total. The fraction of sp³-hybridized carbons (Fsp3) is 0.286. The summed E-state index contributed by atoms with van der Waals surface area (Å²) < 4.78 is 14.3. The van der Waals surface area contributed by atoms with Crippen molar-refractivity contribution in [1.29, 1.82) is 0 Å². The van der Waals surface area contributed by atoms with E-state index >= 15 is 0 Å². The van der Waals surface area contributed by atoms with Gasteiger partial charge in [-0.3, -0.25) is 9.59 Å². The second-order valence-corrected chi connectivity index (χ2v) is 6.84. The summed E-state index contributed by atoms with van der Waals surface area (Å²) in [6, 6.07) is 17.0. The van der Waals surface area contributed by atoms with Crippen molar-refractivity contribution in [1.82, 2.24) is 10.2 Å². The first-order valence-electron chi connectivity index (χ1n) is 9.00. The molecule has 7 heteroatoms. The van der Waals surface area contributed by atoms with Crippen LogP contribution in [0.3, 0.4) is 0 Å². The normalized spacial score (nSPS) is 19.8. The number of carboxylic acid groups (broad SMARTS) is 1. The number of rotatable bonds is 6. The fourth-order valence-corrected chi connectivity index (χ4v) is 3.23. The zero-order valence-electron chi connectivity index (χ0n) is 15.2. The van der Waals surface area contributed by atoms with Gasteiger partial charge >= 0.3 is 5.97 Å². The Morgan fingerprint density at radius 2 is 1.68 bits per heavy atom. The number of hydrogen-bond acceptors (Lipinski definition) is 3. The highest BCUT2D eigenvalue weighted by molar-refractivity contribution is 5.94. The van der Waals surface area contributed by atoms with E-state index in [1.54, 1.807) is 54.6 Å². The first kappa shape index (κ1) is 19.5. The van der Waals surface area contributed by atoms with Crippen molar-refractivity contribution in [3.63, 3.8) is 0 Å². The predicted molar refractivity (Wildman–Crippen MR) is 100 cm³/mol. The number of carbonyl (C=O) groups is 3. The molecule has 3 rings (SSSR count). The van der Waals surface area contributed by atoms with Crippen molar-refractivity contribution in [2.24, 2.45) is 0 Å². The second kappa shape index (κ2) is 8.21. The molecule has 28 heavy (non-hydrogen) atoms. The predicted octanol–water partition coefficient (Wildman–Crippen LogP) is 2.57. The van der Waals surface area contributed by atoms with Crippen LogP contribution in [0.5, 0.6) is 0 Å². The lowest BCUT2D eigenvalue weighted by molar-refractivity contribution is -0.150.